The standard InChI is InChI=1S/C22H23ClN2O3/c1-22(2,3)20-21(28)25(12-11-18(26)27)17-10-9-15(23)13-16(17)19(24-20)14-7-5-4-6-8-14/h4-10,13,20H,11-12H2,1-3H3,(H,26,27). The number of carbonyl (C=O) groups excluding carboxylic acids is 1. The fourth-order valence-corrected chi connectivity index (χ4v) is 3.45. The summed E-state index contributed by atoms with van der Waals surface area (Å²) in [4.78, 5) is 31.0. The summed E-state index contributed by atoms with van der Waals surface area (Å²) in [5.41, 5.74) is 2.48. The largest absolute Gasteiger partial charge is 0.481 e. The van der Waals surface area contributed by atoms with Crippen molar-refractivity contribution in [3.63, 3.8) is 0 Å². The number of carboxylic acids is 1. The molecule has 0 spiro atoms. The average Bonchev–Trinajstić information content (AvgIpc) is 2.74. The first-order valence-electron chi connectivity index (χ1n) is 9.15. The van der Waals surface area contributed by atoms with Gasteiger partial charge in [-0.3, -0.25) is 14.6 Å². The van der Waals surface area contributed by atoms with Gasteiger partial charge >= 0.3 is 5.97 Å². The second-order valence-corrected chi connectivity index (χ2v) is 8.34. The van der Waals surface area contributed by atoms with Crippen LogP contribution in [0.4, 0.5) is 5.69 Å². The Balaban J connectivity index is 2.25. The van der Waals surface area contributed by atoms with Crippen LogP contribution in [0.3, 0.4) is 0 Å². The van der Waals surface area contributed by atoms with Crippen LogP contribution in [0.15, 0.2) is 53.5 Å². The summed E-state index contributed by atoms with van der Waals surface area (Å²) >= 11 is 6.27. The van der Waals surface area contributed by atoms with Crippen LogP contribution in [0.2, 0.25) is 5.02 Å². The number of halogens is 1. The lowest BCUT2D eigenvalue weighted by molar-refractivity contribution is -0.136. The lowest BCUT2D eigenvalue weighted by atomic mass is 9.86. The van der Waals surface area contributed by atoms with Gasteiger partial charge in [-0.05, 0) is 23.6 Å². The lowest BCUT2D eigenvalue weighted by Crippen LogP contribution is -2.44. The predicted octanol–water partition coefficient (Wildman–Crippen LogP) is 4.41. The first kappa shape index (κ1) is 20.1. The van der Waals surface area contributed by atoms with Gasteiger partial charge in [0.25, 0.3) is 5.91 Å². The van der Waals surface area contributed by atoms with Crippen LogP contribution in [0.25, 0.3) is 0 Å². The monoisotopic (exact) mass is 398 g/mol. The minimum Gasteiger partial charge on any atom is -0.481 e. The van der Waals surface area contributed by atoms with Crippen molar-refractivity contribution < 1.29 is 14.7 Å². The van der Waals surface area contributed by atoms with Gasteiger partial charge in [0.05, 0.1) is 17.8 Å². The molecule has 0 radical (unpaired) electrons. The quantitative estimate of drug-likeness (QED) is 0.829. The number of hydrogen-bond acceptors (Lipinski definition) is 3. The van der Waals surface area contributed by atoms with Crippen LogP contribution in [-0.2, 0) is 9.59 Å². The van der Waals surface area contributed by atoms with E-state index in [4.69, 9.17) is 21.7 Å². The second-order valence-electron chi connectivity index (χ2n) is 7.91. The van der Waals surface area contributed by atoms with Crippen molar-refractivity contribution >= 4 is 34.9 Å². The summed E-state index contributed by atoms with van der Waals surface area (Å²) in [6.07, 6.45) is -0.147. The molecule has 0 fully saturated rings. The molecule has 0 bridgehead atoms. The molecule has 0 aliphatic carbocycles. The molecule has 1 unspecified atom stereocenters. The van der Waals surface area contributed by atoms with Gasteiger partial charge in [0.15, 0.2) is 0 Å². The highest BCUT2D eigenvalue weighted by Gasteiger charge is 2.38. The molecule has 3 rings (SSSR count). The molecule has 146 valence electrons. The van der Waals surface area contributed by atoms with Crippen LogP contribution in [0, 0.1) is 5.41 Å². The SMILES string of the molecule is CC(C)(C)C1N=C(c2ccccc2)c2cc(Cl)ccc2N(CCC(=O)O)C1=O. The van der Waals surface area contributed by atoms with Crippen molar-refractivity contribution in [3.05, 3.63) is 64.7 Å². The van der Waals surface area contributed by atoms with Crippen molar-refractivity contribution in [2.45, 2.75) is 33.2 Å². The normalized spacial score (nSPS) is 17.0. The van der Waals surface area contributed by atoms with Crippen molar-refractivity contribution in [2.24, 2.45) is 10.4 Å². The molecule has 1 heterocycles. The topological polar surface area (TPSA) is 70.0 Å². The zero-order chi connectivity index (χ0) is 20.5. The number of carboxylic acid groups (broad SMARTS) is 1. The van der Waals surface area contributed by atoms with Gasteiger partial charge in [0.2, 0.25) is 0 Å². The smallest absolute Gasteiger partial charge is 0.305 e. The Bertz CT molecular complexity index is 933. The number of rotatable bonds is 4. The maximum atomic E-state index is 13.4. The Hall–Kier alpha value is -2.66. The fourth-order valence-electron chi connectivity index (χ4n) is 3.28. The summed E-state index contributed by atoms with van der Waals surface area (Å²) in [6.45, 7) is 5.95. The van der Waals surface area contributed by atoms with E-state index in [1.54, 1.807) is 18.2 Å². The molecule has 1 N–H and O–H groups in total. The van der Waals surface area contributed by atoms with Crippen molar-refractivity contribution in [1.29, 1.82) is 0 Å². The summed E-state index contributed by atoms with van der Waals surface area (Å²) in [7, 11) is 0. The van der Waals surface area contributed by atoms with Gasteiger partial charge < -0.3 is 10.0 Å². The lowest BCUT2D eigenvalue weighted by Gasteiger charge is -2.30. The number of hydrogen-bond donors (Lipinski definition) is 1. The van der Waals surface area contributed by atoms with Gasteiger partial charge in [0.1, 0.15) is 6.04 Å². The van der Waals surface area contributed by atoms with Crippen LogP contribution >= 0.6 is 11.6 Å². The minimum atomic E-state index is -0.955. The third-order valence-electron chi connectivity index (χ3n) is 4.68. The number of carbonyl (C=O) groups is 2. The van der Waals surface area contributed by atoms with E-state index >= 15 is 0 Å². The third-order valence-corrected chi connectivity index (χ3v) is 4.91. The van der Waals surface area contributed by atoms with Crippen LogP contribution in [0.1, 0.15) is 38.3 Å². The summed E-state index contributed by atoms with van der Waals surface area (Å²) in [5.74, 6) is -1.16. The van der Waals surface area contributed by atoms with E-state index in [0.717, 1.165) is 11.1 Å². The van der Waals surface area contributed by atoms with Gasteiger partial charge in [-0.1, -0.05) is 62.7 Å². The molecule has 28 heavy (non-hydrogen) atoms. The molecule has 0 aromatic heterocycles. The van der Waals surface area contributed by atoms with Gasteiger partial charge in [0, 0.05) is 22.7 Å². The second kappa shape index (κ2) is 7.76. The number of aliphatic carboxylic acids is 1. The van der Waals surface area contributed by atoms with Gasteiger partial charge in [-0.25, -0.2) is 0 Å². The molecule has 1 aliphatic heterocycles. The number of fused-ring (bicyclic) bond motifs is 1. The number of anilines is 1. The zero-order valence-corrected chi connectivity index (χ0v) is 16.9. The molecular formula is C22H23ClN2O3. The number of amides is 1. The maximum Gasteiger partial charge on any atom is 0.305 e. The Labute approximate surface area is 169 Å². The van der Waals surface area contributed by atoms with E-state index in [1.807, 2.05) is 51.1 Å². The number of benzene rings is 2. The molecule has 2 aromatic carbocycles. The molecule has 1 amide bonds. The van der Waals surface area contributed by atoms with E-state index < -0.39 is 17.4 Å². The Morgan fingerprint density at radius 3 is 2.46 bits per heavy atom. The summed E-state index contributed by atoms with van der Waals surface area (Å²) in [6, 6.07) is 14.3. The molecule has 5 nitrogen and oxygen atoms in total. The van der Waals surface area contributed by atoms with Crippen molar-refractivity contribution in [1.82, 2.24) is 0 Å². The first-order valence-corrected chi connectivity index (χ1v) is 9.52. The summed E-state index contributed by atoms with van der Waals surface area (Å²) in [5, 5.41) is 9.69. The highest BCUT2D eigenvalue weighted by atomic mass is 35.5. The van der Waals surface area contributed by atoms with Crippen LogP contribution < -0.4 is 4.90 Å². The number of benzodiazepines with no additional fused rings is 1. The van der Waals surface area contributed by atoms with Crippen molar-refractivity contribution in [2.75, 3.05) is 11.4 Å². The average molecular weight is 399 g/mol. The summed E-state index contributed by atoms with van der Waals surface area (Å²) < 4.78 is 0. The number of aliphatic imine (C=N–C) groups is 1. The number of nitrogens with zero attached hydrogens (tertiary/aromatic N) is 2. The predicted molar refractivity (Wildman–Crippen MR) is 111 cm³/mol. The molecule has 1 atom stereocenters. The molecule has 0 saturated heterocycles. The van der Waals surface area contributed by atoms with E-state index in [1.165, 1.54) is 4.90 Å². The fraction of sp³-hybridized carbons (Fsp3) is 0.318. The molecule has 1 aliphatic rings. The Morgan fingerprint density at radius 1 is 1.18 bits per heavy atom. The van der Waals surface area contributed by atoms with E-state index in [-0.39, 0.29) is 18.9 Å². The van der Waals surface area contributed by atoms with Crippen molar-refractivity contribution in [3.8, 4) is 0 Å². The Kier molecular flexibility index (Phi) is 5.57. The van der Waals surface area contributed by atoms with Gasteiger partial charge in [-0.2, -0.15) is 0 Å². The molecule has 0 saturated carbocycles. The molecule has 6 heteroatoms. The zero-order valence-electron chi connectivity index (χ0n) is 16.1. The van der Waals surface area contributed by atoms with E-state index in [9.17, 15) is 9.59 Å². The van der Waals surface area contributed by atoms with Crippen LogP contribution in [-0.4, -0.2) is 35.3 Å². The maximum absolute atomic E-state index is 13.4. The van der Waals surface area contributed by atoms with E-state index in [0.29, 0.717) is 16.4 Å². The molecule has 2 aromatic rings. The minimum absolute atomic E-state index is 0.0764. The Morgan fingerprint density at radius 2 is 1.86 bits per heavy atom. The third kappa shape index (κ3) is 4.09. The molecular weight excluding hydrogens is 376 g/mol. The van der Waals surface area contributed by atoms with Gasteiger partial charge in [-0.15, -0.1) is 0 Å². The first-order chi connectivity index (χ1) is 13.2. The highest BCUT2D eigenvalue weighted by Crippen LogP contribution is 2.35. The van der Waals surface area contributed by atoms with Crippen LogP contribution in [0.5, 0.6) is 0 Å². The highest BCUT2D eigenvalue weighted by molar-refractivity contribution is 6.32. The van der Waals surface area contributed by atoms with E-state index in [2.05, 4.69) is 0 Å².